The molecule has 3 rings (SSSR count). The van der Waals surface area contributed by atoms with Gasteiger partial charge in [0, 0.05) is 56.6 Å². The van der Waals surface area contributed by atoms with Gasteiger partial charge >= 0.3 is 0 Å². The fourth-order valence-electron chi connectivity index (χ4n) is 3.00. The van der Waals surface area contributed by atoms with Crippen LogP contribution >= 0.6 is 0 Å². The highest BCUT2D eigenvalue weighted by molar-refractivity contribution is 5.88. The smallest absolute Gasteiger partial charge is 0.227 e. The van der Waals surface area contributed by atoms with Gasteiger partial charge in [0.1, 0.15) is 0 Å². The number of H-pyrrole nitrogens is 1. The fraction of sp³-hybridized carbons (Fsp3) is 0.316. The van der Waals surface area contributed by atoms with Crippen LogP contribution in [0.4, 0.5) is 11.4 Å². The van der Waals surface area contributed by atoms with Crippen LogP contribution in [0.15, 0.2) is 48.8 Å². The largest absolute Gasteiger partial charge is 0.368 e. The van der Waals surface area contributed by atoms with Crippen molar-refractivity contribution >= 4 is 23.2 Å². The number of piperazine rings is 1. The van der Waals surface area contributed by atoms with E-state index in [2.05, 4.69) is 15.2 Å². The summed E-state index contributed by atoms with van der Waals surface area (Å²) >= 11 is 0. The Hall–Kier alpha value is -2.89. The average Bonchev–Trinajstić information content (AvgIpc) is 2.64. The fourth-order valence-corrected chi connectivity index (χ4v) is 3.00. The standard InChI is InChI=1S/C19H22N4O2/c1-15(24)21-17-4-2-16(3-5-17)14-19(25)23-12-10-22(11-13-23)18-6-8-20-9-7-18/h2-9H,10-14H2,1H3,(H,21,24)/p+1. The molecule has 0 aliphatic carbocycles. The Bertz CT molecular complexity index is 723. The van der Waals surface area contributed by atoms with Crippen molar-refractivity contribution in [3.05, 3.63) is 54.4 Å². The molecule has 2 N–H and O–H groups in total. The third kappa shape index (κ3) is 4.56. The molecule has 1 aliphatic rings. The first-order chi connectivity index (χ1) is 12.1. The lowest BCUT2D eigenvalue weighted by Crippen LogP contribution is -2.49. The SMILES string of the molecule is CC(=O)Nc1ccc(CC(=O)N2CCN(c3cc[nH+]cc3)CC2)cc1. The number of aromatic amines is 1. The summed E-state index contributed by atoms with van der Waals surface area (Å²) < 4.78 is 0. The molecule has 0 saturated carbocycles. The van der Waals surface area contributed by atoms with E-state index < -0.39 is 0 Å². The molecule has 2 aromatic rings. The number of nitrogens with one attached hydrogen (secondary N) is 2. The lowest BCUT2D eigenvalue weighted by atomic mass is 10.1. The zero-order chi connectivity index (χ0) is 17.6. The lowest BCUT2D eigenvalue weighted by Gasteiger charge is -2.35. The van der Waals surface area contributed by atoms with E-state index in [-0.39, 0.29) is 11.8 Å². The minimum atomic E-state index is -0.0991. The van der Waals surface area contributed by atoms with Crippen molar-refractivity contribution in [3.63, 3.8) is 0 Å². The maximum absolute atomic E-state index is 12.5. The summed E-state index contributed by atoms with van der Waals surface area (Å²) in [6.07, 6.45) is 4.22. The number of benzene rings is 1. The number of hydrogen-bond donors (Lipinski definition) is 1. The number of amides is 2. The van der Waals surface area contributed by atoms with Gasteiger partial charge in [-0.2, -0.15) is 0 Å². The van der Waals surface area contributed by atoms with Gasteiger partial charge in [0.05, 0.1) is 6.42 Å². The Morgan fingerprint density at radius 1 is 1.00 bits per heavy atom. The van der Waals surface area contributed by atoms with Crippen LogP contribution in [0, 0.1) is 0 Å². The van der Waals surface area contributed by atoms with Gasteiger partial charge < -0.3 is 15.1 Å². The Morgan fingerprint density at radius 2 is 1.64 bits per heavy atom. The van der Waals surface area contributed by atoms with Crippen molar-refractivity contribution in [2.75, 3.05) is 36.4 Å². The first-order valence-corrected chi connectivity index (χ1v) is 8.47. The van der Waals surface area contributed by atoms with E-state index >= 15 is 0 Å². The minimum absolute atomic E-state index is 0.0991. The third-order valence-electron chi connectivity index (χ3n) is 4.33. The lowest BCUT2D eigenvalue weighted by molar-refractivity contribution is -0.377. The molecule has 2 amide bonds. The molecule has 0 unspecified atom stereocenters. The predicted octanol–water partition coefficient (Wildman–Crippen LogP) is 1.35. The number of aromatic nitrogens is 1. The van der Waals surface area contributed by atoms with Crippen molar-refractivity contribution in [3.8, 4) is 0 Å². The third-order valence-corrected chi connectivity index (χ3v) is 4.33. The van der Waals surface area contributed by atoms with Crippen LogP contribution in [0.5, 0.6) is 0 Å². The zero-order valence-electron chi connectivity index (χ0n) is 14.4. The van der Waals surface area contributed by atoms with Gasteiger partial charge in [0.15, 0.2) is 12.4 Å². The van der Waals surface area contributed by atoms with E-state index in [1.807, 2.05) is 53.7 Å². The van der Waals surface area contributed by atoms with Crippen molar-refractivity contribution in [2.45, 2.75) is 13.3 Å². The number of carbonyl (C=O) groups excluding carboxylic acids is 2. The van der Waals surface area contributed by atoms with Crippen LogP contribution in [-0.4, -0.2) is 42.9 Å². The van der Waals surface area contributed by atoms with E-state index in [0.29, 0.717) is 6.42 Å². The maximum Gasteiger partial charge on any atom is 0.227 e. The molecule has 1 saturated heterocycles. The average molecular weight is 339 g/mol. The summed E-state index contributed by atoms with van der Waals surface area (Å²) in [4.78, 5) is 30.8. The molecule has 0 spiro atoms. The van der Waals surface area contributed by atoms with Crippen molar-refractivity contribution in [1.29, 1.82) is 0 Å². The van der Waals surface area contributed by atoms with E-state index in [0.717, 1.165) is 37.4 Å². The van der Waals surface area contributed by atoms with Crippen LogP contribution in [0.3, 0.4) is 0 Å². The highest BCUT2D eigenvalue weighted by Gasteiger charge is 2.21. The molecule has 1 fully saturated rings. The number of hydrogen-bond acceptors (Lipinski definition) is 3. The highest BCUT2D eigenvalue weighted by Crippen LogP contribution is 2.15. The molecule has 130 valence electrons. The Kier molecular flexibility index (Phi) is 5.28. The molecular formula is C19H23N4O2+. The summed E-state index contributed by atoms with van der Waals surface area (Å²) in [5, 5.41) is 2.73. The molecule has 6 heteroatoms. The van der Waals surface area contributed by atoms with Gasteiger partial charge in [-0.25, -0.2) is 4.98 Å². The summed E-state index contributed by atoms with van der Waals surface area (Å²) in [5.41, 5.74) is 2.89. The molecule has 6 nitrogen and oxygen atoms in total. The monoisotopic (exact) mass is 339 g/mol. The number of anilines is 2. The molecule has 1 aliphatic heterocycles. The second-order valence-electron chi connectivity index (χ2n) is 6.18. The van der Waals surface area contributed by atoms with Crippen molar-refractivity contribution in [2.24, 2.45) is 0 Å². The summed E-state index contributed by atoms with van der Waals surface area (Å²) in [5.74, 6) is 0.0475. The van der Waals surface area contributed by atoms with Gasteiger partial charge in [-0.3, -0.25) is 9.59 Å². The first kappa shape index (κ1) is 17.0. The molecular weight excluding hydrogens is 316 g/mol. The summed E-state index contributed by atoms with van der Waals surface area (Å²) in [6, 6.07) is 11.5. The van der Waals surface area contributed by atoms with E-state index in [1.54, 1.807) is 0 Å². The van der Waals surface area contributed by atoms with E-state index in [1.165, 1.54) is 12.6 Å². The van der Waals surface area contributed by atoms with Crippen LogP contribution in [0.2, 0.25) is 0 Å². The van der Waals surface area contributed by atoms with Gasteiger partial charge in [0.2, 0.25) is 11.8 Å². The molecule has 0 atom stereocenters. The van der Waals surface area contributed by atoms with Gasteiger partial charge in [0.25, 0.3) is 0 Å². The van der Waals surface area contributed by atoms with Gasteiger partial charge in [-0.1, -0.05) is 12.1 Å². The van der Waals surface area contributed by atoms with E-state index in [9.17, 15) is 9.59 Å². The second-order valence-corrected chi connectivity index (χ2v) is 6.18. The van der Waals surface area contributed by atoms with Crippen molar-refractivity contribution in [1.82, 2.24) is 4.90 Å². The number of pyridine rings is 1. The van der Waals surface area contributed by atoms with Crippen molar-refractivity contribution < 1.29 is 14.6 Å². The summed E-state index contributed by atoms with van der Waals surface area (Å²) in [6.45, 7) is 4.64. The minimum Gasteiger partial charge on any atom is -0.368 e. The predicted molar refractivity (Wildman–Crippen MR) is 96.2 cm³/mol. The van der Waals surface area contributed by atoms with Crippen LogP contribution in [-0.2, 0) is 16.0 Å². The van der Waals surface area contributed by atoms with Crippen LogP contribution < -0.4 is 15.2 Å². The Morgan fingerprint density at radius 3 is 2.24 bits per heavy atom. The highest BCUT2D eigenvalue weighted by atomic mass is 16.2. The van der Waals surface area contributed by atoms with Crippen LogP contribution in [0.25, 0.3) is 0 Å². The number of carbonyl (C=O) groups is 2. The Labute approximate surface area is 147 Å². The number of rotatable bonds is 4. The van der Waals surface area contributed by atoms with Gasteiger partial charge in [-0.15, -0.1) is 0 Å². The molecule has 1 aromatic carbocycles. The van der Waals surface area contributed by atoms with E-state index in [4.69, 9.17) is 0 Å². The normalized spacial score (nSPS) is 14.3. The second kappa shape index (κ2) is 7.79. The topological polar surface area (TPSA) is 66.8 Å². The quantitative estimate of drug-likeness (QED) is 0.914. The number of nitrogens with zero attached hydrogens (tertiary/aromatic N) is 2. The molecule has 0 radical (unpaired) electrons. The van der Waals surface area contributed by atoms with Gasteiger partial charge in [-0.05, 0) is 17.7 Å². The maximum atomic E-state index is 12.5. The molecule has 25 heavy (non-hydrogen) atoms. The molecule has 0 bridgehead atoms. The Balaban J connectivity index is 1.52. The van der Waals surface area contributed by atoms with Crippen LogP contribution in [0.1, 0.15) is 12.5 Å². The zero-order valence-corrected chi connectivity index (χ0v) is 14.4. The summed E-state index contributed by atoms with van der Waals surface area (Å²) in [7, 11) is 0. The molecule has 1 aromatic heterocycles. The first-order valence-electron chi connectivity index (χ1n) is 8.47. The molecule has 2 heterocycles.